The summed E-state index contributed by atoms with van der Waals surface area (Å²) in [6.07, 6.45) is 4.38. The molecule has 0 heterocycles. The van der Waals surface area contributed by atoms with Gasteiger partial charge in [0.15, 0.2) is 0 Å². The molecule has 0 atom stereocenters. The molecule has 0 unspecified atom stereocenters. The summed E-state index contributed by atoms with van der Waals surface area (Å²) >= 11 is 0. The summed E-state index contributed by atoms with van der Waals surface area (Å²) in [6, 6.07) is 0. The van der Waals surface area contributed by atoms with Gasteiger partial charge < -0.3 is 14.7 Å². The van der Waals surface area contributed by atoms with Gasteiger partial charge >= 0.3 is 0 Å². The van der Waals surface area contributed by atoms with Crippen LogP contribution in [0.1, 0.15) is 12.8 Å². The molecule has 0 aliphatic rings. The summed E-state index contributed by atoms with van der Waals surface area (Å²) in [5, 5.41) is 0. The third-order valence-electron chi connectivity index (χ3n) is 2.36. The summed E-state index contributed by atoms with van der Waals surface area (Å²) in [7, 11) is 8.46. The monoisotopic (exact) mass is 213 g/mol. The molecule has 0 aromatic heterocycles. The van der Waals surface area contributed by atoms with Gasteiger partial charge in [-0.3, -0.25) is 0 Å². The third kappa shape index (κ3) is 9.76. The van der Waals surface area contributed by atoms with Crippen LogP contribution in [0.15, 0.2) is 12.8 Å². The molecular formula is C12H27N3. The van der Waals surface area contributed by atoms with Crippen LogP contribution in [-0.4, -0.2) is 69.1 Å². The zero-order valence-electron chi connectivity index (χ0n) is 10.9. The second-order valence-electron chi connectivity index (χ2n) is 4.53. The molecule has 0 amide bonds. The van der Waals surface area contributed by atoms with Crippen molar-refractivity contribution in [2.24, 2.45) is 0 Å². The molecule has 3 nitrogen and oxygen atoms in total. The second kappa shape index (κ2) is 8.74. The van der Waals surface area contributed by atoms with E-state index >= 15 is 0 Å². The Balaban J connectivity index is 3.50. The fourth-order valence-electron chi connectivity index (χ4n) is 1.47. The highest BCUT2D eigenvalue weighted by molar-refractivity contribution is 4.71. The van der Waals surface area contributed by atoms with Crippen LogP contribution < -0.4 is 0 Å². The van der Waals surface area contributed by atoms with E-state index in [1.54, 1.807) is 0 Å². The Kier molecular flexibility index (Phi) is 8.43. The summed E-state index contributed by atoms with van der Waals surface area (Å²) in [5.41, 5.74) is 0. The average Bonchev–Trinajstić information content (AvgIpc) is 2.14. The average molecular weight is 213 g/mol. The number of rotatable bonds is 9. The molecule has 0 aromatic carbocycles. The highest BCUT2D eigenvalue weighted by Gasteiger charge is 1.99. The van der Waals surface area contributed by atoms with Gasteiger partial charge in [0.05, 0.1) is 0 Å². The molecule has 0 rings (SSSR count). The van der Waals surface area contributed by atoms with Crippen LogP contribution in [0.5, 0.6) is 0 Å². The summed E-state index contributed by atoms with van der Waals surface area (Å²) in [4.78, 5) is 6.76. The van der Waals surface area contributed by atoms with Crippen LogP contribution in [0.2, 0.25) is 0 Å². The first kappa shape index (κ1) is 14.5. The van der Waals surface area contributed by atoms with E-state index in [0.29, 0.717) is 0 Å². The Bertz CT molecular complexity index is 141. The molecule has 0 radical (unpaired) electrons. The molecular weight excluding hydrogens is 186 g/mol. The summed E-state index contributed by atoms with van der Waals surface area (Å²) in [6.45, 7) is 8.40. The fraction of sp³-hybridized carbons (Fsp3) is 0.833. The van der Waals surface area contributed by atoms with Crippen molar-refractivity contribution in [1.82, 2.24) is 14.7 Å². The first-order valence-corrected chi connectivity index (χ1v) is 5.72. The van der Waals surface area contributed by atoms with Gasteiger partial charge in [0.25, 0.3) is 0 Å². The molecule has 0 bridgehead atoms. The van der Waals surface area contributed by atoms with Crippen molar-refractivity contribution in [2.45, 2.75) is 12.8 Å². The van der Waals surface area contributed by atoms with Crippen molar-refractivity contribution in [2.75, 3.05) is 54.4 Å². The normalized spacial score (nSPS) is 11.1. The summed E-state index contributed by atoms with van der Waals surface area (Å²) < 4.78 is 0. The molecule has 0 saturated carbocycles. The van der Waals surface area contributed by atoms with E-state index in [4.69, 9.17) is 0 Å². The molecule has 3 heteroatoms. The van der Waals surface area contributed by atoms with Crippen molar-refractivity contribution < 1.29 is 0 Å². The Labute approximate surface area is 95.3 Å². The first-order chi connectivity index (χ1) is 7.06. The van der Waals surface area contributed by atoms with E-state index < -0.39 is 0 Å². The molecule has 0 N–H and O–H groups in total. The van der Waals surface area contributed by atoms with Crippen LogP contribution in [-0.2, 0) is 0 Å². The lowest BCUT2D eigenvalue weighted by atomic mass is 10.3. The minimum absolute atomic E-state index is 1.12. The largest absolute Gasteiger partial charge is 0.378 e. The smallest absolute Gasteiger partial charge is 0.0184 e. The maximum Gasteiger partial charge on any atom is 0.0184 e. The van der Waals surface area contributed by atoms with Gasteiger partial charge in [0.1, 0.15) is 0 Å². The van der Waals surface area contributed by atoms with Crippen LogP contribution in [0.3, 0.4) is 0 Å². The predicted molar refractivity (Wildman–Crippen MR) is 68.1 cm³/mol. The van der Waals surface area contributed by atoms with E-state index in [0.717, 1.165) is 26.2 Å². The van der Waals surface area contributed by atoms with Gasteiger partial charge in [-0.15, -0.1) is 0 Å². The maximum absolute atomic E-state index is 3.86. The minimum atomic E-state index is 1.12. The van der Waals surface area contributed by atoms with Gasteiger partial charge in [-0.1, -0.05) is 6.58 Å². The van der Waals surface area contributed by atoms with E-state index in [9.17, 15) is 0 Å². The Hall–Kier alpha value is -0.540. The highest BCUT2D eigenvalue weighted by Crippen LogP contribution is 1.96. The lowest BCUT2D eigenvalue weighted by Crippen LogP contribution is -2.26. The Morgan fingerprint density at radius 1 is 0.800 bits per heavy atom. The van der Waals surface area contributed by atoms with Crippen LogP contribution in [0, 0.1) is 0 Å². The molecule has 0 spiro atoms. The van der Waals surface area contributed by atoms with E-state index in [1.807, 2.05) is 6.20 Å². The minimum Gasteiger partial charge on any atom is -0.378 e. The van der Waals surface area contributed by atoms with Crippen molar-refractivity contribution in [3.8, 4) is 0 Å². The van der Waals surface area contributed by atoms with Crippen LogP contribution in [0.4, 0.5) is 0 Å². The molecule has 0 aliphatic heterocycles. The number of hydrogen-bond acceptors (Lipinski definition) is 3. The van der Waals surface area contributed by atoms with Crippen LogP contribution in [0.25, 0.3) is 0 Å². The molecule has 15 heavy (non-hydrogen) atoms. The van der Waals surface area contributed by atoms with Gasteiger partial charge in [0, 0.05) is 13.1 Å². The molecule has 0 fully saturated rings. The third-order valence-corrected chi connectivity index (χ3v) is 2.36. The molecule has 0 saturated heterocycles. The van der Waals surface area contributed by atoms with E-state index in [2.05, 4.69) is 49.5 Å². The van der Waals surface area contributed by atoms with Gasteiger partial charge in [0.2, 0.25) is 0 Å². The fourth-order valence-corrected chi connectivity index (χ4v) is 1.47. The Morgan fingerprint density at radius 2 is 1.20 bits per heavy atom. The lowest BCUT2D eigenvalue weighted by molar-refractivity contribution is 0.304. The zero-order valence-corrected chi connectivity index (χ0v) is 10.9. The Morgan fingerprint density at radius 3 is 1.47 bits per heavy atom. The van der Waals surface area contributed by atoms with Crippen molar-refractivity contribution in [3.05, 3.63) is 12.8 Å². The summed E-state index contributed by atoms with van der Waals surface area (Å²) in [5.74, 6) is 0. The van der Waals surface area contributed by atoms with E-state index in [-0.39, 0.29) is 0 Å². The molecule has 90 valence electrons. The first-order valence-electron chi connectivity index (χ1n) is 5.72. The van der Waals surface area contributed by atoms with Gasteiger partial charge in [-0.05, 0) is 60.3 Å². The van der Waals surface area contributed by atoms with Crippen molar-refractivity contribution in [3.63, 3.8) is 0 Å². The number of nitrogens with zero attached hydrogens (tertiary/aromatic N) is 3. The SMILES string of the molecule is C=CN(CCCN(C)C)CCCN(C)C. The van der Waals surface area contributed by atoms with Crippen molar-refractivity contribution >= 4 is 0 Å². The zero-order chi connectivity index (χ0) is 11.7. The topological polar surface area (TPSA) is 9.72 Å². The van der Waals surface area contributed by atoms with Gasteiger partial charge in [-0.25, -0.2) is 0 Å². The van der Waals surface area contributed by atoms with Crippen LogP contribution >= 0.6 is 0 Å². The quantitative estimate of drug-likeness (QED) is 0.572. The molecule has 0 aromatic rings. The van der Waals surface area contributed by atoms with Gasteiger partial charge in [-0.2, -0.15) is 0 Å². The highest BCUT2D eigenvalue weighted by atomic mass is 15.1. The standard InChI is InChI=1S/C12H27N3/c1-6-15(11-7-9-13(2)3)12-8-10-14(4)5/h6H,1,7-12H2,2-5H3. The lowest BCUT2D eigenvalue weighted by Gasteiger charge is -2.21. The predicted octanol–water partition coefficient (Wildman–Crippen LogP) is 1.34. The maximum atomic E-state index is 3.86. The number of hydrogen-bond donors (Lipinski definition) is 0. The van der Waals surface area contributed by atoms with Crippen molar-refractivity contribution in [1.29, 1.82) is 0 Å². The second-order valence-corrected chi connectivity index (χ2v) is 4.53. The van der Waals surface area contributed by atoms with E-state index in [1.165, 1.54) is 12.8 Å². The molecule has 0 aliphatic carbocycles.